The molecule has 38 nitrogen and oxygen atoms in total. The number of aliphatic hydroxyl groups is 2. The Kier molecular flexibility index (Phi) is 36.1. The van der Waals surface area contributed by atoms with E-state index in [0.717, 1.165) is 29.1 Å². The summed E-state index contributed by atoms with van der Waals surface area (Å²) in [6, 6.07) is -0.476. The van der Waals surface area contributed by atoms with Gasteiger partial charge in [-0.2, -0.15) is 4.98 Å². The number of carboxylic acid groups (broad SMARTS) is 4. The van der Waals surface area contributed by atoms with Crippen LogP contribution in [-0.2, 0) is 68.7 Å². The van der Waals surface area contributed by atoms with Crippen LogP contribution in [-0.4, -0.2) is 237 Å². The number of hydrogen-bond acceptors (Lipinski definition) is 29. The van der Waals surface area contributed by atoms with Crippen molar-refractivity contribution >= 4 is 139 Å². The maximum absolute atomic E-state index is 13.4. The van der Waals surface area contributed by atoms with Crippen molar-refractivity contribution < 1.29 is 102 Å². The first-order chi connectivity index (χ1) is 51.9. The molecule has 604 valence electrons. The van der Waals surface area contributed by atoms with Crippen molar-refractivity contribution in [2.75, 3.05) is 55.9 Å². The number of carbonyl (C=O) groups excluding carboxylic acids is 8. The maximum Gasteiger partial charge on any atom is 0.508 e. The summed E-state index contributed by atoms with van der Waals surface area (Å²) >= 11 is 1.52. The third-order valence-electron chi connectivity index (χ3n) is 18.0. The van der Waals surface area contributed by atoms with Crippen molar-refractivity contribution in [3.05, 3.63) is 73.7 Å². The number of aliphatic carboxylic acids is 4. The van der Waals surface area contributed by atoms with Crippen LogP contribution in [0.4, 0.5) is 16.4 Å². The van der Waals surface area contributed by atoms with Crippen LogP contribution in [0.2, 0.25) is 0 Å². The Bertz CT molecular complexity index is 4010. The second kappa shape index (κ2) is 43.9. The number of aryl methyl sites for hydroxylation is 1. The molecule has 0 saturated carbocycles. The molecule has 2 aliphatic rings. The number of guanidine groups is 1. The van der Waals surface area contributed by atoms with Gasteiger partial charge in [-0.3, -0.25) is 67.6 Å². The van der Waals surface area contributed by atoms with E-state index >= 15 is 0 Å². The van der Waals surface area contributed by atoms with E-state index in [0.29, 0.717) is 42.3 Å². The van der Waals surface area contributed by atoms with Gasteiger partial charge in [0.25, 0.3) is 11.5 Å². The molecule has 0 aliphatic carbocycles. The lowest BCUT2D eigenvalue weighted by Crippen LogP contribution is -2.57. The standard InChI is InChI=1S/C35H54N2O10S3.C34H44N14O12/c1-20-9-8-10-26-27(37(26)11-12-45-34(44)46-13-14-49-50-18-22(3)33(42)43)16-28(21(2)15-25-19-48-24(5)36-25)47-30(39)17-29(38)35(6,7)32(41)23(4)31(20)40;1-38-28(55)20(11-23(50)51)46-29(56)18(3-2-10-39-33(35)36)44-30(57)21(12-24(52)53)43-22(49)9-8-19(32(59)60)45-27(54)15-4-6-16(7-5-15)40-13-17-14-41-26-25(42-17)31(58)48-34(37)47-26/h15,19-20,22-23,26-29,31,38,40H,8-14,16-18H2,1-7H3,(H,42,43);4-7,14,18-21,40H,2-3,8-13H2,1H3,(H,38,55)(H,43,49)(H,44,57)(H,45,54)(H,46,56)(H,50,51)(H,52,53)(H,59,60)(H4,35,36,39)(H3,37,41,47,48,58)/b21-15+;. The molecule has 5 heterocycles. The summed E-state index contributed by atoms with van der Waals surface area (Å²) in [6.45, 7) is 13.1. The van der Waals surface area contributed by atoms with Gasteiger partial charge >= 0.3 is 36.0 Å². The maximum atomic E-state index is 13.4. The Morgan fingerprint density at radius 1 is 0.836 bits per heavy atom. The molecule has 2 aliphatic heterocycles. The number of benzene rings is 1. The van der Waals surface area contributed by atoms with Crippen molar-refractivity contribution in [1.82, 2.24) is 56.4 Å². The number of amides is 5. The number of H-pyrrole nitrogens is 1. The number of likely N-dealkylation sites (N-methyl/N-ethyl adjacent to an activating group) is 1. The molecule has 4 aromatic rings. The Hall–Kier alpha value is -10.1. The van der Waals surface area contributed by atoms with E-state index in [1.807, 2.05) is 32.2 Å². The zero-order chi connectivity index (χ0) is 81.7. The molecule has 6 rings (SSSR count). The summed E-state index contributed by atoms with van der Waals surface area (Å²) in [5.74, 6) is -11.8. The first kappa shape index (κ1) is 90.5. The molecule has 41 heteroatoms. The van der Waals surface area contributed by atoms with Gasteiger partial charge in [0.1, 0.15) is 49.3 Å². The highest BCUT2D eigenvalue weighted by Crippen LogP contribution is 2.39. The van der Waals surface area contributed by atoms with Crippen LogP contribution in [0.5, 0.6) is 0 Å². The summed E-state index contributed by atoms with van der Waals surface area (Å²) < 4.78 is 16.5. The predicted molar refractivity (Wildman–Crippen MR) is 404 cm³/mol. The molecular weight excluding hydrogens is 1500 g/mol. The van der Waals surface area contributed by atoms with Gasteiger partial charge in [-0.05, 0) is 87.8 Å². The van der Waals surface area contributed by atoms with Crippen molar-refractivity contribution in [2.24, 2.45) is 39.6 Å². The molecule has 0 radical (unpaired) electrons. The number of esters is 1. The van der Waals surface area contributed by atoms with E-state index in [1.54, 1.807) is 27.7 Å². The molecule has 0 spiro atoms. The molecular formula is C69H98N16O22S3. The van der Waals surface area contributed by atoms with Crippen LogP contribution >= 0.6 is 32.9 Å². The van der Waals surface area contributed by atoms with Gasteiger partial charge in [0.15, 0.2) is 17.1 Å². The number of thiazole rings is 1. The number of nitrogen functional groups attached to an aromatic ring is 1. The van der Waals surface area contributed by atoms with E-state index in [1.165, 1.54) is 70.4 Å². The van der Waals surface area contributed by atoms with E-state index in [2.05, 4.69) is 66.7 Å². The fraction of sp³-hybridized carbons (Fsp3) is 0.565. The number of rotatable bonds is 35. The van der Waals surface area contributed by atoms with Gasteiger partial charge in [0, 0.05) is 79.1 Å². The number of aliphatic imine (C=N–C) groups is 1. The Morgan fingerprint density at radius 3 is 2.12 bits per heavy atom. The largest absolute Gasteiger partial charge is 0.508 e. The number of cyclic esters (lactones) is 1. The van der Waals surface area contributed by atoms with Gasteiger partial charge in [-0.1, -0.05) is 62.6 Å². The lowest BCUT2D eigenvalue weighted by molar-refractivity contribution is -0.155. The van der Waals surface area contributed by atoms with Crippen LogP contribution in [0.1, 0.15) is 139 Å². The van der Waals surface area contributed by atoms with Crippen molar-refractivity contribution in [3.63, 3.8) is 0 Å². The SMILES string of the molecule is C/C(=C\c1csc(C)n1)C1CC2C(CCCC(C)C(O)C(C)C(=O)C(C)(C)C(O)CC(=O)O1)N2CCOC(=O)OCCSSCC(C)C(=O)O.CNC(=O)C(CC(=O)O)NC(=O)C(CCCN=C(N)N)NC(=O)C(CC(=O)O)NC(=O)CCC(NC(=O)c1ccc(NCc2cnc3nc(N)[nH]c(=O)c3n2)cc1)C(=O)O. The number of carboxylic acids is 4. The lowest BCUT2D eigenvalue weighted by Gasteiger charge is -2.34. The van der Waals surface area contributed by atoms with Crippen molar-refractivity contribution in [1.29, 1.82) is 0 Å². The zero-order valence-electron chi connectivity index (χ0n) is 62.1. The fourth-order valence-electron chi connectivity index (χ4n) is 11.5. The van der Waals surface area contributed by atoms with Gasteiger partial charge in [0.2, 0.25) is 29.6 Å². The number of fused-ring (bicyclic) bond motifs is 2. The molecule has 110 heavy (non-hydrogen) atoms. The molecule has 1 aromatic carbocycles. The normalized spacial score (nSPS) is 20.6. The van der Waals surface area contributed by atoms with Crippen LogP contribution < -0.4 is 54.7 Å². The number of nitrogens with zero attached hydrogens (tertiary/aromatic N) is 6. The number of aliphatic hydroxyl groups excluding tert-OH is 2. The fourth-order valence-corrected chi connectivity index (χ4v) is 14.3. The molecule has 13 unspecified atom stereocenters. The topological polar surface area (TPSA) is 604 Å². The summed E-state index contributed by atoms with van der Waals surface area (Å²) in [4.78, 5) is 187. The monoisotopic (exact) mass is 1600 g/mol. The quantitative estimate of drug-likeness (QED) is 0.00778. The van der Waals surface area contributed by atoms with E-state index in [4.69, 9.17) is 36.5 Å². The van der Waals surface area contributed by atoms with Crippen LogP contribution in [0.25, 0.3) is 17.2 Å². The van der Waals surface area contributed by atoms with E-state index in [9.17, 15) is 87.9 Å². The molecule has 3 aromatic heterocycles. The van der Waals surface area contributed by atoms with Crippen LogP contribution in [0, 0.1) is 30.1 Å². The Balaban J connectivity index is 0.000000400. The van der Waals surface area contributed by atoms with Crippen LogP contribution in [0.3, 0.4) is 0 Å². The first-order valence-electron chi connectivity index (χ1n) is 35.1. The Morgan fingerprint density at radius 2 is 1.49 bits per heavy atom. The van der Waals surface area contributed by atoms with E-state index < -0.39 is 157 Å². The molecule has 2 saturated heterocycles. The number of nitrogens with two attached hydrogens (primary N) is 3. The van der Waals surface area contributed by atoms with Gasteiger partial charge in [-0.15, -0.1) is 11.3 Å². The second-order valence-electron chi connectivity index (χ2n) is 26.9. The average molecular weight is 1600 g/mol. The predicted octanol–water partition coefficient (Wildman–Crippen LogP) is 1.70. The average Bonchev–Trinajstić information content (AvgIpc) is 1.60. The summed E-state index contributed by atoms with van der Waals surface area (Å²) in [6.07, 6.45) is -0.877. The third kappa shape index (κ3) is 29.7. The van der Waals surface area contributed by atoms with Crippen molar-refractivity contribution in [3.8, 4) is 0 Å². The molecule has 0 bridgehead atoms. The highest BCUT2D eigenvalue weighted by molar-refractivity contribution is 8.76. The number of anilines is 2. The molecule has 5 amide bonds. The minimum absolute atomic E-state index is 0.0129. The third-order valence-corrected chi connectivity index (χ3v) is 21.3. The number of aromatic amines is 1. The molecule has 13 atom stereocenters. The first-order valence-corrected chi connectivity index (χ1v) is 38.5. The van der Waals surface area contributed by atoms with Crippen molar-refractivity contribution in [2.45, 2.75) is 180 Å². The number of carbonyl (C=O) groups is 12. The number of hydrogen-bond donors (Lipinski definition) is 16. The molecule has 2 fully saturated rings. The minimum Gasteiger partial charge on any atom is -0.481 e. The number of Topliss-reactive ketones (excluding diaryl/α,β-unsaturated/α-hetero) is 1. The lowest BCUT2D eigenvalue weighted by atomic mass is 9.73. The number of ketones is 1. The zero-order valence-corrected chi connectivity index (χ0v) is 64.5. The second-order valence-corrected chi connectivity index (χ2v) is 30.6. The van der Waals surface area contributed by atoms with Gasteiger partial charge in [-0.25, -0.2) is 24.5 Å². The van der Waals surface area contributed by atoms with Gasteiger partial charge < -0.3 is 94.0 Å². The highest BCUT2D eigenvalue weighted by atomic mass is 33.1. The highest BCUT2D eigenvalue weighted by Gasteiger charge is 2.49. The number of nitrogens with one attached hydrogen (secondary N) is 7. The van der Waals surface area contributed by atoms with Gasteiger partial charge in [0.05, 0.1) is 71.9 Å². The van der Waals surface area contributed by atoms with Crippen LogP contribution in [0.15, 0.2) is 51.2 Å². The number of ether oxygens (including phenoxy) is 3. The summed E-state index contributed by atoms with van der Waals surface area (Å²) in [5, 5.41) is 76.6. The molecule has 19 N–H and O–H groups in total. The summed E-state index contributed by atoms with van der Waals surface area (Å²) in [5.41, 5.74) is 16.9. The Labute approximate surface area is 644 Å². The van der Waals surface area contributed by atoms with E-state index in [-0.39, 0.29) is 98.0 Å². The smallest absolute Gasteiger partial charge is 0.481 e. The number of aromatic nitrogens is 5. The minimum atomic E-state index is -1.80. The summed E-state index contributed by atoms with van der Waals surface area (Å²) in [7, 11) is 4.06.